The molecule has 3 rings (SSSR count). The van der Waals surface area contributed by atoms with E-state index in [1.807, 2.05) is 31.2 Å². The summed E-state index contributed by atoms with van der Waals surface area (Å²) in [5.41, 5.74) is 2.09. The van der Waals surface area contributed by atoms with E-state index in [0.717, 1.165) is 21.5 Å². The van der Waals surface area contributed by atoms with Crippen LogP contribution in [0, 0.1) is 6.92 Å². The number of hydrogen-bond acceptors (Lipinski definition) is 5. The number of benzene rings is 1. The number of anilines is 1. The highest BCUT2D eigenvalue weighted by Crippen LogP contribution is 2.26. The average Bonchev–Trinajstić information content (AvgIpc) is 2.56. The third-order valence-electron chi connectivity index (χ3n) is 3.37. The molecule has 0 aliphatic carbocycles. The SMILES string of the molecule is Cc1cc(SC(C)C(=O)Nc2ncccn2)nc2ccccc12. The normalized spacial score (nSPS) is 12.1. The Bertz CT molecular complexity index is 838. The van der Waals surface area contributed by atoms with E-state index in [0.29, 0.717) is 5.95 Å². The predicted molar refractivity (Wildman–Crippen MR) is 92.5 cm³/mol. The van der Waals surface area contributed by atoms with Crippen LogP contribution in [0.4, 0.5) is 5.95 Å². The minimum Gasteiger partial charge on any atom is -0.294 e. The van der Waals surface area contributed by atoms with Gasteiger partial charge in [0.2, 0.25) is 11.9 Å². The molecule has 0 bridgehead atoms. The van der Waals surface area contributed by atoms with Crippen LogP contribution in [-0.2, 0) is 4.79 Å². The molecule has 23 heavy (non-hydrogen) atoms. The Balaban J connectivity index is 1.74. The van der Waals surface area contributed by atoms with Crippen LogP contribution in [0.15, 0.2) is 53.8 Å². The Morgan fingerprint density at radius 1 is 1.17 bits per heavy atom. The Morgan fingerprint density at radius 3 is 2.70 bits per heavy atom. The highest BCUT2D eigenvalue weighted by molar-refractivity contribution is 8.00. The van der Waals surface area contributed by atoms with Crippen molar-refractivity contribution in [2.45, 2.75) is 24.1 Å². The van der Waals surface area contributed by atoms with Crippen molar-refractivity contribution in [2.75, 3.05) is 5.32 Å². The topological polar surface area (TPSA) is 67.8 Å². The Labute approximate surface area is 138 Å². The highest BCUT2D eigenvalue weighted by Gasteiger charge is 2.17. The molecule has 2 heterocycles. The number of fused-ring (bicyclic) bond motifs is 1. The molecule has 1 amide bonds. The van der Waals surface area contributed by atoms with E-state index in [9.17, 15) is 4.79 Å². The van der Waals surface area contributed by atoms with Gasteiger partial charge in [0.05, 0.1) is 15.8 Å². The molecule has 0 aliphatic rings. The van der Waals surface area contributed by atoms with Crippen LogP contribution >= 0.6 is 11.8 Å². The zero-order valence-electron chi connectivity index (χ0n) is 12.9. The molecule has 5 nitrogen and oxygen atoms in total. The van der Waals surface area contributed by atoms with E-state index in [1.165, 1.54) is 11.8 Å². The van der Waals surface area contributed by atoms with Crippen LogP contribution in [0.3, 0.4) is 0 Å². The molecule has 0 saturated carbocycles. The number of carbonyl (C=O) groups is 1. The van der Waals surface area contributed by atoms with Crippen molar-refractivity contribution in [3.63, 3.8) is 0 Å². The lowest BCUT2D eigenvalue weighted by Gasteiger charge is -2.11. The number of hydrogen-bond donors (Lipinski definition) is 1. The first-order chi connectivity index (χ1) is 11.1. The maximum Gasteiger partial charge on any atom is 0.239 e. The zero-order chi connectivity index (χ0) is 16.2. The van der Waals surface area contributed by atoms with Crippen molar-refractivity contribution in [3.8, 4) is 0 Å². The first-order valence-electron chi connectivity index (χ1n) is 7.24. The molecule has 1 atom stereocenters. The lowest BCUT2D eigenvalue weighted by molar-refractivity contribution is -0.115. The highest BCUT2D eigenvalue weighted by atomic mass is 32.2. The van der Waals surface area contributed by atoms with Crippen molar-refractivity contribution in [1.29, 1.82) is 0 Å². The molecule has 0 fully saturated rings. The minimum atomic E-state index is -0.299. The smallest absolute Gasteiger partial charge is 0.239 e. The molecule has 6 heteroatoms. The van der Waals surface area contributed by atoms with Gasteiger partial charge in [0.25, 0.3) is 0 Å². The van der Waals surface area contributed by atoms with Crippen LogP contribution in [0.5, 0.6) is 0 Å². The van der Waals surface area contributed by atoms with Crippen LogP contribution in [0.1, 0.15) is 12.5 Å². The lowest BCUT2D eigenvalue weighted by Crippen LogP contribution is -2.23. The summed E-state index contributed by atoms with van der Waals surface area (Å²) in [5.74, 6) is 0.168. The summed E-state index contributed by atoms with van der Waals surface area (Å²) >= 11 is 1.42. The van der Waals surface area contributed by atoms with Crippen molar-refractivity contribution in [3.05, 3.63) is 54.4 Å². The van der Waals surface area contributed by atoms with Gasteiger partial charge < -0.3 is 0 Å². The maximum absolute atomic E-state index is 12.2. The largest absolute Gasteiger partial charge is 0.294 e. The number of aromatic nitrogens is 3. The lowest BCUT2D eigenvalue weighted by atomic mass is 10.1. The molecule has 0 spiro atoms. The second-order valence-corrected chi connectivity index (χ2v) is 6.48. The van der Waals surface area contributed by atoms with E-state index in [2.05, 4.69) is 33.3 Å². The molecular weight excluding hydrogens is 308 g/mol. The number of pyridine rings is 1. The fourth-order valence-electron chi connectivity index (χ4n) is 2.19. The van der Waals surface area contributed by atoms with Crippen molar-refractivity contribution >= 4 is 34.5 Å². The Hall–Kier alpha value is -2.47. The standard InChI is InChI=1S/C17H16N4OS/c1-11-10-15(20-14-7-4-3-6-13(11)14)23-12(2)16(22)21-17-18-8-5-9-19-17/h3-10,12H,1-2H3,(H,18,19,21,22). The van der Waals surface area contributed by atoms with Gasteiger partial charge in [-0.1, -0.05) is 30.0 Å². The molecule has 0 saturated heterocycles. The van der Waals surface area contributed by atoms with E-state index in [-0.39, 0.29) is 11.2 Å². The number of thioether (sulfide) groups is 1. The predicted octanol–water partition coefficient (Wildman–Crippen LogP) is 3.45. The van der Waals surface area contributed by atoms with E-state index in [1.54, 1.807) is 18.5 Å². The number of carbonyl (C=O) groups excluding carboxylic acids is 1. The monoisotopic (exact) mass is 324 g/mol. The number of rotatable bonds is 4. The van der Waals surface area contributed by atoms with Crippen LogP contribution in [0.25, 0.3) is 10.9 Å². The summed E-state index contributed by atoms with van der Waals surface area (Å²) in [6.07, 6.45) is 3.18. The molecule has 0 radical (unpaired) electrons. The summed E-state index contributed by atoms with van der Waals surface area (Å²) in [6.45, 7) is 3.89. The molecule has 3 aromatic rings. The van der Waals surface area contributed by atoms with Gasteiger partial charge in [0, 0.05) is 17.8 Å². The van der Waals surface area contributed by atoms with Crippen LogP contribution in [-0.4, -0.2) is 26.1 Å². The first kappa shape index (κ1) is 15.4. The summed E-state index contributed by atoms with van der Waals surface area (Å²) < 4.78 is 0. The summed E-state index contributed by atoms with van der Waals surface area (Å²) in [5, 5.41) is 4.37. The summed E-state index contributed by atoms with van der Waals surface area (Å²) in [7, 11) is 0. The molecule has 2 aromatic heterocycles. The quantitative estimate of drug-likeness (QED) is 0.745. The van der Waals surface area contributed by atoms with Crippen LogP contribution in [0.2, 0.25) is 0 Å². The van der Waals surface area contributed by atoms with E-state index >= 15 is 0 Å². The fourth-order valence-corrected chi connectivity index (χ4v) is 3.11. The van der Waals surface area contributed by atoms with Gasteiger partial charge in [-0.3, -0.25) is 10.1 Å². The van der Waals surface area contributed by atoms with Crippen molar-refractivity contribution in [2.24, 2.45) is 0 Å². The maximum atomic E-state index is 12.2. The number of nitrogens with zero attached hydrogens (tertiary/aromatic N) is 3. The third kappa shape index (κ3) is 3.65. The number of amides is 1. The van der Waals surface area contributed by atoms with Crippen LogP contribution < -0.4 is 5.32 Å². The Morgan fingerprint density at radius 2 is 1.91 bits per heavy atom. The molecule has 1 aromatic carbocycles. The van der Waals surface area contributed by atoms with Gasteiger partial charge in [0.1, 0.15) is 0 Å². The van der Waals surface area contributed by atoms with Gasteiger partial charge in [-0.05, 0) is 37.6 Å². The van der Waals surface area contributed by atoms with E-state index in [4.69, 9.17) is 0 Å². The summed E-state index contributed by atoms with van der Waals surface area (Å²) in [4.78, 5) is 24.8. The fraction of sp³-hybridized carbons (Fsp3) is 0.176. The zero-order valence-corrected chi connectivity index (χ0v) is 13.7. The minimum absolute atomic E-state index is 0.145. The second-order valence-electron chi connectivity index (χ2n) is 5.12. The molecular formula is C17H16N4OS. The van der Waals surface area contributed by atoms with Crippen molar-refractivity contribution in [1.82, 2.24) is 15.0 Å². The third-order valence-corrected chi connectivity index (χ3v) is 4.39. The van der Waals surface area contributed by atoms with Gasteiger partial charge in [-0.15, -0.1) is 0 Å². The van der Waals surface area contributed by atoms with Gasteiger partial charge >= 0.3 is 0 Å². The molecule has 116 valence electrons. The van der Waals surface area contributed by atoms with Gasteiger partial charge in [-0.2, -0.15) is 0 Å². The Kier molecular flexibility index (Phi) is 4.52. The first-order valence-corrected chi connectivity index (χ1v) is 8.12. The molecule has 0 aliphatic heterocycles. The summed E-state index contributed by atoms with van der Waals surface area (Å²) in [6, 6.07) is 11.7. The van der Waals surface area contributed by atoms with Gasteiger partial charge in [0.15, 0.2) is 0 Å². The van der Waals surface area contributed by atoms with Gasteiger partial charge in [-0.25, -0.2) is 15.0 Å². The molecule has 1 unspecified atom stereocenters. The average molecular weight is 324 g/mol. The van der Waals surface area contributed by atoms with Crippen molar-refractivity contribution < 1.29 is 4.79 Å². The van der Waals surface area contributed by atoms with E-state index < -0.39 is 0 Å². The second kappa shape index (κ2) is 6.75. The molecule has 1 N–H and O–H groups in total. The number of para-hydroxylation sites is 1. The number of aryl methyl sites for hydroxylation is 1. The number of nitrogens with one attached hydrogen (secondary N) is 1.